The largest absolute Gasteiger partial charge is 0.481 e. The number of likely N-dealkylation sites (tertiary alicyclic amines) is 1. The van der Waals surface area contributed by atoms with Gasteiger partial charge in [-0.2, -0.15) is 0 Å². The summed E-state index contributed by atoms with van der Waals surface area (Å²) in [5.74, 6) is -0.144. The maximum atomic E-state index is 13.3. The number of aromatic nitrogens is 1. The van der Waals surface area contributed by atoms with Crippen LogP contribution in [0.5, 0.6) is 0 Å². The SMILES string of the molecule is O=C(O)CC(NC(=O)[C@@H]1CCCN(CCCc2ccc3c(n2)NCCC3)C1)c1cccc(N2CCCC2=O)c1. The Bertz CT molecular complexity index is 1200. The van der Waals surface area contributed by atoms with Crippen LogP contribution in [0.3, 0.4) is 0 Å². The third kappa shape index (κ3) is 6.95. The van der Waals surface area contributed by atoms with E-state index in [1.54, 1.807) is 4.90 Å². The van der Waals surface area contributed by atoms with Crippen LogP contribution >= 0.6 is 0 Å². The summed E-state index contributed by atoms with van der Waals surface area (Å²) in [5.41, 5.74) is 3.87. The van der Waals surface area contributed by atoms with Gasteiger partial charge >= 0.3 is 5.97 Å². The number of carbonyl (C=O) groups excluding carboxylic acids is 2. The number of nitrogens with one attached hydrogen (secondary N) is 2. The molecule has 39 heavy (non-hydrogen) atoms. The number of pyridine rings is 1. The lowest BCUT2D eigenvalue weighted by molar-refractivity contribution is -0.138. The zero-order valence-corrected chi connectivity index (χ0v) is 22.5. The molecule has 2 atom stereocenters. The first-order valence-electron chi connectivity index (χ1n) is 14.3. The highest BCUT2D eigenvalue weighted by Crippen LogP contribution is 2.27. The Morgan fingerprint density at radius 2 is 2.03 bits per heavy atom. The summed E-state index contributed by atoms with van der Waals surface area (Å²) >= 11 is 0. The quantitative estimate of drug-likeness (QED) is 0.428. The molecule has 3 aliphatic heterocycles. The Morgan fingerprint density at radius 1 is 1.13 bits per heavy atom. The number of carboxylic acids is 1. The minimum Gasteiger partial charge on any atom is -0.481 e. The molecule has 2 saturated heterocycles. The van der Waals surface area contributed by atoms with E-state index >= 15 is 0 Å². The van der Waals surface area contributed by atoms with Crippen LogP contribution in [0.1, 0.15) is 67.8 Å². The minimum atomic E-state index is -0.973. The molecule has 5 rings (SSSR count). The van der Waals surface area contributed by atoms with Gasteiger partial charge in [-0.3, -0.25) is 14.4 Å². The van der Waals surface area contributed by atoms with Gasteiger partial charge in [0.15, 0.2) is 0 Å². The number of benzene rings is 1. The van der Waals surface area contributed by atoms with Gasteiger partial charge < -0.3 is 25.5 Å². The van der Waals surface area contributed by atoms with Gasteiger partial charge in [0.05, 0.1) is 18.4 Å². The van der Waals surface area contributed by atoms with Crippen LogP contribution in [0, 0.1) is 5.92 Å². The number of rotatable bonds is 10. The van der Waals surface area contributed by atoms with Gasteiger partial charge in [-0.15, -0.1) is 0 Å². The normalized spacial score (nSPS) is 20.3. The maximum Gasteiger partial charge on any atom is 0.305 e. The molecule has 4 heterocycles. The number of carboxylic acid groups (broad SMARTS) is 1. The molecule has 1 aromatic carbocycles. The van der Waals surface area contributed by atoms with E-state index in [1.165, 1.54) is 5.56 Å². The van der Waals surface area contributed by atoms with Gasteiger partial charge in [0, 0.05) is 37.4 Å². The number of fused-ring (bicyclic) bond motifs is 1. The number of aliphatic carboxylic acids is 1. The molecule has 2 amide bonds. The average Bonchev–Trinajstić information content (AvgIpc) is 3.38. The van der Waals surface area contributed by atoms with Crippen LogP contribution in [0.4, 0.5) is 11.5 Å². The summed E-state index contributed by atoms with van der Waals surface area (Å²) in [7, 11) is 0. The van der Waals surface area contributed by atoms with Gasteiger partial charge in [0.1, 0.15) is 5.82 Å². The van der Waals surface area contributed by atoms with E-state index in [0.717, 1.165) is 81.8 Å². The Labute approximate surface area is 230 Å². The van der Waals surface area contributed by atoms with Crippen LogP contribution in [0.15, 0.2) is 36.4 Å². The number of piperidine rings is 1. The second-order valence-corrected chi connectivity index (χ2v) is 11.0. The van der Waals surface area contributed by atoms with Crippen LogP contribution in [0.25, 0.3) is 0 Å². The second-order valence-electron chi connectivity index (χ2n) is 11.0. The lowest BCUT2D eigenvalue weighted by atomic mass is 9.95. The third-order valence-electron chi connectivity index (χ3n) is 8.09. The van der Waals surface area contributed by atoms with E-state index in [4.69, 9.17) is 4.98 Å². The van der Waals surface area contributed by atoms with Gasteiger partial charge in [-0.25, -0.2) is 4.98 Å². The summed E-state index contributed by atoms with van der Waals surface area (Å²) in [5, 5.41) is 16.0. The van der Waals surface area contributed by atoms with E-state index in [1.807, 2.05) is 24.3 Å². The van der Waals surface area contributed by atoms with Gasteiger partial charge in [-0.05, 0) is 87.4 Å². The molecule has 3 aliphatic rings. The van der Waals surface area contributed by atoms with Crippen LogP contribution in [-0.2, 0) is 27.2 Å². The Hall–Kier alpha value is -3.46. The molecule has 3 N–H and O–H groups in total. The van der Waals surface area contributed by atoms with Gasteiger partial charge in [0.2, 0.25) is 11.8 Å². The Morgan fingerprint density at radius 3 is 2.85 bits per heavy atom. The molecule has 9 heteroatoms. The van der Waals surface area contributed by atoms with Crippen LogP contribution < -0.4 is 15.5 Å². The molecule has 0 saturated carbocycles. The van der Waals surface area contributed by atoms with Crippen molar-refractivity contribution >= 4 is 29.3 Å². The molecule has 2 aromatic rings. The summed E-state index contributed by atoms with van der Waals surface area (Å²) in [6.45, 7) is 4.19. The van der Waals surface area contributed by atoms with E-state index < -0.39 is 12.0 Å². The lowest BCUT2D eigenvalue weighted by Gasteiger charge is -2.33. The van der Waals surface area contributed by atoms with Crippen molar-refractivity contribution in [2.75, 3.05) is 42.9 Å². The Kier molecular flexibility index (Phi) is 8.76. The fourth-order valence-corrected chi connectivity index (χ4v) is 6.01. The van der Waals surface area contributed by atoms with Gasteiger partial charge in [0.25, 0.3) is 0 Å². The van der Waals surface area contributed by atoms with Gasteiger partial charge in [-0.1, -0.05) is 18.2 Å². The average molecular weight is 534 g/mol. The molecular weight excluding hydrogens is 494 g/mol. The first-order valence-corrected chi connectivity index (χ1v) is 14.3. The van der Waals surface area contributed by atoms with E-state index in [0.29, 0.717) is 25.1 Å². The summed E-state index contributed by atoms with van der Waals surface area (Å²) in [6, 6.07) is 11.0. The topological polar surface area (TPSA) is 115 Å². The second kappa shape index (κ2) is 12.6. The van der Waals surface area contributed by atoms with E-state index in [9.17, 15) is 19.5 Å². The standard InChI is InChI=1S/C30H39N5O4/c36-27-11-5-17-35(27)25-10-1-6-22(18-25)26(19-28(37)38)33-30(39)23-8-3-15-34(20-23)16-4-9-24-13-12-21-7-2-14-31-29(21)32-24/h1,6,10,12-13,18,23,26H,2-5,7-9,11,14-17,19-20H2,(H,31,32)(H,33,39)(H,37,38)/t23-,26?/m1/s1. The number of hydrogen-bond donors (Lipinski definition) is 3. The fourth-order valence-electron chi connectivity index (χ4n) is 6.01. The maximum absolute atomic E-state index is 13.3. The Balaban J connectivity index is 1.16. The molecule has 1 unspecified atom stereocenters. The summed E-state index contributed by atoms with van der Waals surface area (Å²) in [6.07, 6.45) is 6.99. The predicted octanol–water partition coefficient (Wildman–Crippen LogP) is 3.54. The number of aryl methyl sites for hydroxylation is 2. The number of carbonyl (C=O) groups is 3. The van der Waals surface area contributed by atoms with Crippen molar-refractivity contribution in [1.29, 1.82) is 0 Å². The molecule has 1 aromatic heterocycles. The molecule has 9 nitrogen and oxygen atoms in total. The molecule has 208 valence electrons. The molecule has 0 bridgehead atoms. The van der Waals surface area contributed by atoms with Crippen molar-refractivity contribution in [1.82, 2.24) is 15.2 Å². The highest BCUT2D eigenvalue weighted by atomic mass is 16.4. The predicted molar refractivity (Wildman–Crippen MR) is 150 cm³/mol. The monoisotopic (exact) mass is 533 g/mol. The zero-order chi connectivity index (χ0) is 27.2. The van der Waals surface area contributed by atoms with Crippen LogP contribution in [-0.4, -0.2) is 65.5 Å². The van der Waals surface area contributed by atoms with Crippen molar-refractivity contribution in [3.63, 3.8) is 0 Å². The third-order valence-corrected chi connectivity index (χ3v) is 8.09. The molecule has 0 radical (unpaired) electrons. The van der Waals surface area contributed by atoms with Crippen molar-refractivity contribution < 1.29 is 19.5 Å². The van der Waals surface area contributed by atoms with Crippen molar-refractivity contribution in [3.8, 4) is 0 Å². The van der Waals surface area contributed by atoms with E-state index in [-0.39, 0.29) is 24.2 Å². The van der Waals surface area contributed by atoms with Crippen molar-refractivity contribution in [2.24, 2.45) is 5.92 Å². The molecular formula is C30H39N5O4. The zero-order valence-electron chi connectivity index (χ0n) is 22.5. The van der Waals surface area contributed by atoms with Crippen LogP contribution in [0.2, 0.25) is 0 Å². The number of anilines is 2. The molecule has 0 aliphatic carbocycles. The summed E-state index contributed by atoms with van der Waals surface area (Å²) in [4.78, 5) is 46.1. The fraction of sp³-hybridized carbons (Fsp3) is 0.533. The minimum absolute atomic E-state index is 0.0762. The molecule has 2 fully saturated rings. The highest BCUT2D eigenvalue weighted by molar-refractivity contribution is 5.95. The number of hydrogen-bond acceptors (Lipinski definition) is 6. The van der Waals surface area contributed by atoms with Crippen molar-refractivity contribution in [2.45, 2.75) is 63.8 Å². The number of nitrogens with zero attached hydrogens (tertiary/aromatic N) is 3. The molecule has 0 spiro atoms. The first-order chi connectivity index (χ1) is 19.0. The first kappa shape index (κ1) is 27.1. The lowest BCUT2D eigenvalue weighted by Crippen LogP contribution is -2.44. The smallest absolute Gasteiger partial charge is 0.305 e. The highest BCUT2D eigenvalue weighted by Gasteiger charge is 2.29. The van der Waals surface area contributed by atoms with E-state index in [2.05, 4.69) is 27.7 Å². The number of amides is 2. The summed E-state index contributed by atoms with van der Waals surface area (Å²) < 4.78 is 0. The van der Waals surface area contributed by atoms with Crippen molar-refractivity contribution in [3.05, 3.63) is 53.2 Å².